The molecule has 0 saturated heterocycles. The summed E-state index contributed by atoms with van der Waals surface area (Å²) in [7, 11) is 1.31. The summed E-state index contributed by atoms with van der Waals surface area (Å²) >= 11 is 0. The van der Waals surface area contributed by atoms with Crippen LogP contribution in [0.4, 0.5) is 26.3 Å². The van der Waals surface area contributed by atoms with Gasteiger partial charge in [-0.2, -0.15) is 26.3 Å². The van der Waals surface area contributed by atoms with Crippen molar-refractivity contribution in [2.75, 3.05) is 7.11 Å². The van der Waals surface area contributed by atoms with E-state index < -0.39 is 23.5 Å². The number of ether oxygens (including phenoxy) is 1. The number of halogens is 6. The van der Waals surface area contributed by atoms with E-state index in [0.717, 1.165) is 24.3 Å². The standard InChI is InChI=1S/C23H17F6NO2/c1-31-30-21(15-6-8-17(9-7-15)22(24,25)26)20-5-3-2-4-16(20)14-32-19-12-10-18(11-13-19)23(27,28)29/h2-13H,14H2,1H3. The van der Waals surface area contributed by atoms with Crippen molar-refractivity contribution in [2.24, 2.45) is 5.16 Å². The second-order valence-corrected chi connectivity index (χ2v) is 6.67. The van der Waals surface area contributed by atoms with Gasteiger partial charge in [0.25, 0.3) is 0 Å². The minimum Gasteiger partial charge on any atom is -0.489 e. The lowest BCUT2D eigenvalue weighted by Gasteiger charge is -2.14. The van der Waals surface area contributed by atoms with Gasteiger partial charge in [0.2, 0.25) is 0 Å². The fourth-order valence-corrected chi connectivity index (χ4v) is 2.94. The second-order valence-electron chi connectivity index (χ2n) is 6.67. The number of benzene rings is 3. The van der Waals surface area contributed by atoms with Gasteiger partial charge in [-0.05, 0) is 42.0 Å². The first-order chi connectivity index (χ1) is 15.1. The zero-order valence-corrected chi connectivity index (χ0v) is 16.7. The van der Waals surface area contributed by atoms with E-state index in [9.17, 15) is 26.3 Å². The van der Waals surface area contributed by atoms with Crippen LogP contribution in [0, 0.1) is 0 Å². The van der Waals surface area contributed by atoms with Crippen molar-refractivity contribution in [3.63, 3.8) is 0 Å². The van der Waals surface area contributed by atoms with Gasteiger partial charge in [0.1, 0.15) is 25.2 Å². The molecule has 0 N–H and O–H groups in total. The topological polar surface area (TPSA) is 30.8 Å². The van der Waals surface area contributed by atoms with Crippen molar-refractivity contribution < 1.29 is 35.9 Å². The fourth-order valence-electron chi connectivity index (χ4n) is 2.94. The number of rotatable bonds is 6. The Labute approximate surface area is 179 Å². The van der Waals surface area contributed by atoms with Gasteiger partial charge in [-0.15, -0.1) is 0 Å². The van der Waals surface area contributed by atoms with Crippen LogP contribution in [0.25, 0.3) is 0 Å². The molecule has 0 aliphatic heterocycles. The minimum absolute atomic E-state index is 0.00902. The molecule has 0 heterocycles. The first-order valence-corrected chi connectivity index (χ1v) is 9.26. The van der Waals surface area contributed by atoms with Crippen LogP contribution in [0.15, 0.2) is 78.0 Å². The van der Waals surface area contributed by atoms with Crippen LogP contribution < -0.4 is 4.74 Å². The van der Waals surface area contributed by atoms with E-state index in [2.05, 4.69) is 5.16 Å². The van der Waals surface area contributed by atoms with Crippen LogP contribution in [0.5, 0.6) is 5.75 Å². The molecule has 0 atom stereocenters. The highest BCUT2D eigenvalue weighted by Crippen LogP contribution is 2.31. The summed E-state index contributed by atoms with van der Waals surface area (Å²) in [6.45, 7) is -0.00902. The molecule has 3 aromatic rings. The van der Waals surface area contributed by atoms with Crippen molar-refractivity contribution in [1.82, 2.24) is 0 Å². The highest BCUT2D eigenvalue weighted by molar-refractivity contribution is 6.13. The predicted molar refractivity (Wildman–Crippen MR) is 106 cm³/mol. The van der Waals surface area contributed by atoms with Crippen LogP contribution in [0.1, 0.15) is 27.8 Å². The van der Waals surface area contributed by atoms with Crippen molar-refractivity contribution in [3.8, 4) is 5.75 Å². The van der Waals surface area contributed by atoms with Crippen LogP contribution in [0.3, 0.4) is 0 Å². The molecule has 0 saturated carbocycles. The lowest BCUT2D eigenvalue weighted by atomic mass is 9.97. The lowest BCUT2D eigenvalue weighted by Crippen LogP contribution is -2.11. The molecule has 0 fully saturated rings. The maximum Gasteiger partial charge on any atom is 0.416 e. The number of oxime groups is 1. The average Bonchev–Trinajstić information content (AvgIpc) is 2.75. The Morgan fingerprint density at radius 3 is 1.81 bits per heavy atom. The summed E-state index contributed by atoms with van der Waals surface area (Å²) in [6, 6.07) is 15.6. The minimum atomic E-state index is -4.47. The van der Waals surface area contributed by atoms with Crippen LogP contribution >= 0.6 is 0 Å². The summed E-state index contributed by atoms with van der Waals surface area (Å²) in [6.07, 6.45) is -8.91. The summed E-state index contributed by atoms with van der Waals surface area (Å²) in [4.78, 5) is 4.89. The Bertz CT molecular complexity index is 1070. The van der Waals surface area contributed by atoms with Crippen LogP contribution in [0.2, 0.25) is 0 Å². The van der Waals surface area contributed by atoms with Crippen molar-refractivity contribution in [1.29, 1.82) is 0 Å². The summed E-state index contributed by atoms with van der Waals surface area (Å²) in [5.41, 5.74) is 0.248. The Hall–Kier alpha value is -3.49. The smallest absolute Gasteiger partial charge is 0.416 e. The van der Waals surface area contributed by atoms with E-state index in [-0.39, 0.29) is 18.1 Å². The molecule has 3 nitrogen and oxygen atoms in total. The number of hydrogen-bond donors (Lipinski definition) is 0. The average molecular weight is 453 g/mol. The van der Waals surface area contributed by atoms with Gasteiger partial charge in [-0.1, -0.05) is 41.6 Å². The van der Waals surface area contributed by atoms with Crippen LogP contribution in [-0.4, -0.2) is 12.8 Å². The number of nitrogens with zero attached hydrogens (tertiary/aromatic N) is 1. The van der Waals surface area contributed by atoms with Crippen LogP contribution in [-0.2, 0) is 23.8 Å². The van der Waals surface area contributed by atoms with Gasteiger partial charge >= 0.3 is 12.4 Å². The van der Waals surface area contributed by atoms with Crippen molar-refractivity contribution >= 4 is 5.71 Å². The molecule has 3 rings (SSSR count). The second kappa shape index (κ2) is 9.33. The molecular weight excluding hydrogens is 436 g/mol. The molecule has 3 aromatic carbocycles. The van der Waals surface area contributed by atoms with Gasteiger partial charge in [0.15, 0.2) is 0 Å². The molecule has 168 valence electrons. The SMILES string of the molecule is CON=C(c1ccc(C(F)(F)F)cc1)c1ccccc1COc1ccc(C(F)(F)F)cc1. The van der Waals surface area contributed by atoms with E-state index >= 15 is 0 Å². The third-order valence-electron chi connectivity index (χ3n) is 4.52. The van der Waals surface area contributed by atoms with E-state index in [1.165, 1.54) is 31.4 Å². The largest absolute Gasteiger partial charge is 0.489 e. The van der Waals surface area contributed by atoms with Gasteiger partial charge < -0.3 is 9.57 Å². The third-order valence-corrected chi connectivity index (χ3v) is 4.52. The van der Waals surface area contributed by atoms with Crippen molar-refractivity contribution in [3.05, 3.63) is 101 Å². The third kappa shape index (κ3) is 5.60. The first-order valence-electron chi connectivity index (χ1n) is 9.26. The normalized spacial score (nSPS) is 12.5. The highest BCUT2D eigenvalue weighted by atomic mass is 19.4. The van der Waals surface area contributed by atoms with Gasteiger partial charge in [0.05, 0.1) is 11.1 Å². The zero-order chi connectivity index (χ0) is 23.4. The van der Waals surface area contributed by atoms with E-state index in [0.29, 0.717) is 16.7 Å². The predicted octanol–water partition coefficient (Wildman–Crippen LogP) is 6.70. The number of hydrogen-bond acceptors (Lipinski definition) is 3. The highest BCUT2D eigenvalue weighted by Gasteiger charge is 2.31. The Morgan fingerprint density at radius 2 is 1.28 bits per heavy atom. The van der Waals surface area contributed by atoms with E-state index in [1.54, 1.807) is 24.3 Å². The zero-order valence-electron chi connectivity index (χ0n) is 16.7. The molecule has 9 heteroatoms. The molecule has 0 aliphatic rings. The fraction of sp³-hybridized carbons (Fsp3) is 0.174. The molecule has 0 spiro atoms. The Morgan fingerprint density at radius 1 is 0.750 bits per heavy atom. The Kier molecular flexibility index (Phi) is 6.76. The van der Waals surface area contributed by atoms with E-state index in [4.69, 9.17) is 9.57 Å². The molecular formula is C23H17F6NO2. The molecule has 0 aromatic heterocycles. The van der Waals surface area contributed by atoms with Gasteiger partial charge in [0, 0.05) is 11.1 Å². The van der Waals surface area contributed by atoms with Gasteiger partial charge in [-0.25, -0.2) is 0 Å². The molecule has 32 heavy (non-hydrogen) atoms. The molecule has 0 amide bonds. The molecule has 0 unspecified atom stereocenters. The maximum absolute atomic E-state index is 12.9. The molecule has 0 radical (unpaired) electrons. The lowest BCUT2D eigenvalue weighted by molar-refractivity contribution is -0.138. The van der Waals surface area contributed by atoms with Crippen molar-refractivity contribution in [2.45, 2.75) is 19.0 Å². The summed E-state index contributed by atoms with van der Waals surface area (Å²) < 4.78 is 82.4. The number of alkyl halides is 6. The van der Waals surface area contributed by atoms with E-state index in [1.807, 2.05) is 0 Å². The summed E-state index contributed by atoms with van der Waals surface area (Å²) in [5.74, 6) is 0.229. The Balaban J connectivity index is 1.86. The molecule has 0 bridgehead atoms. The maximum atomic E-state index is 12.9. The van der Waals surface area contributed by atoms with Gasteiger partial charge in [-0.3, -0.25) is 0 Å². The monoisotopic (exact) mass is 453 g/mol. The summed E-state index contributed by atoms with van der Waals surface area (Å²) in [5, 5.41) is 3.97. The molecule has 0 aliphatic carbocycles. The first kappa shape index (κ1) is 23.2. The quantitative estimate of drug-likeness (QED) is 0.236.